The summed E-state index contributed by atoms with van der Waals surface area (Å²) in [6.07, 6.45) is 1.42. The van der Waals surface area contributed by atoms with Crippen LogP contribution in [0.1, 0.15) is 18.9 Å². The Bertz CT molecular complexity index is 939. The van der Waals surface area contributed by atoms with Crippen molar-refractivity contribution in [2.45, 2.75) is 25.1 Å². The second kappa shape index (κ2) is 11.1. The van der Waals surface area contributed by atoms with E-state index in [1.807, 2.05) is 24.3 Å². The largest absolute Gasteiger partial charge is 0.353 e. The van der Waals surface area contributed by atoms with Crippen LogP contribution in [0.25, 0.3) is 0 Å². The van der Waals surface area contributed by atoms with Gasteiger partial charge in [-0.2, -0.15) is 11.8 Å². The molecule has 1 atom stereocenters. The molecule has 2 rings (SSSR count). The third kappa shape index (κ3) is 7.41. The standard InChI is InChI=1S/C20H24Cl2N2O3S2/c1-3-19(24(29(2,26)27)18-9-5-8-17(22)13-18)20(25)23-10-11-28-14-15-6-4-7-16(21)12-15/h4-9,12-13,19H,3,10-11,14H2,1-2H3,(H,23,25)/t19-/m0/s1. The lowest BCUT2D eigenvalue weighted by molar-refractivity contribution is -0.122. The van der Waals surface area contributed by atoms with Crippen LogP contribution in [0.2, 0.25) is 10.0 Å². The molecular formula is C20H24Cl2N2O3S2. The third-order valence-corrected chi connectivity index (χ3v) is 6.78. The Labute approximate surface area is 186 Å². The minimum Gasteiger partial charge on any atom is -0.353 e. The van der Waals surface area contributed by atoms with Gasteiger partial charge in [0.15, 0.2) is 0 Å². The summed E-state index contributed by atoms with van der Waals surface area (Å²) in [5.74, 6) is 1.15. The number of halogens is 2. The van der Waals surface area contributed by atoms with Crippen LogP contribution in [-0.2, 0) is 20.6 Å². The quantitative estimate of drug-likeness (QED) is 0.511. The molecule has 29 heavy (non-hydrogen) atoms. The summed E-state index contributed by atoms with van der Waals surface area (Å²) < 4.78 is 25.9. The summed E-state index contributed by atoms with van der Waals surface area (Å²) >= 11 is 13.7. The maximum atomic E-state index is 12.7. The first-order valence-electron chi connectivity index (χ1n) is 9.07. The Morgan fingerprint density at radius 2 is 1.79 bits per heavy atom. The first-order valence-corrected chi connectivity index (χ1v) is 12.8. The summed E-state index contributed by atoms with van der Waals surface area (Å²) in [4.78, 5) is 12.7. The van der Waals surface area contributed by atoms with Gasteiger partial charge in [-0.3, -0.25) is 9.10 Å². The van der Waals surface area contributed by atoms with E-state index in [0.29, 0.717) is 34.5 Å². The van der Waals surface area contributed by atoms with Crippen LogP contribution in [0.4, 0.5) is 5.69 Å². The number of sulfonamides is 1. The van der Waals surface area contributed by atoms with Crippen LogP contribution in [0.3, 0.4) is 0 Å². The first-order chi connectivity index (χ1) is 13.7. The minimum absolute atomic E-state index is 0.332. The lowest BCUT2D eigenvalue weighted by Gasteiger charge is -2.30. The van der Waals surface area contributed by atoms with Gasteiger partial charge in [-0.1, -0.05) is 48.3 Å². The van der Waals surface area contributed by atoms with Crippen LogP contribution in [-0.4, -0.2) is 38.9 Å². The third-order valence-electron chi connectivity index (χ3n) is 4.10. The normalized spacial score (nSPS) is 12.4. The first kappa shape index (κ1) is 23.9. The van der Waals surface area contributed by atoms with Crippen LogP contribution >= 0.6 is 35.0 Å². The van der Waals surface area contributed by atoms with Crippen LogP contribution < -0.4 is 9.62 Å². The number of hydrogen-bond acceptors (Lipinski definition) is 4. The van der Waals surface area contributed by atoms with Gasteiger partial charge in [0.2, 0.25) is 15.9 Å². The maximum absolute atomic E-state index is 12.7. The van der Waals surface area contributed by atoms with Crippen molar-refractivity contribution in [1.29, 1.82) is 0 Å². The number of benzene rings is 2. The number of amides is 1. The Hall–Kier alpha value is -1.41. The van der Waals surface area contributed by atoms with Crippen molar-refractivity contribution in [3.63, 3.8) is 0 Å². The Balaban J connectivity index is 1.97. The molecule has 0 spiro atoms. The molecule has 5 nitrogen and oxygen atoms in total. The predicted octanol–water partition coefficient (Wildman–Crippen LogP) is 4.59. The summed E-state index contributed by atoms with van der Waals surface area (Å²) in [5, 5.41) is 3.95. The average Bonchev–Trinajstić information content (AvgIpc) is 2.64. The number of carbonyl (C=O) groups excluding carboxylic acids is 1. The predicted molar refractivity (Wildman–Crippen MR) is 123 cm³/mol. The van der Waals surface area contributed by atoms with Crippen molar-refractivity contribution in [2.24, 2.45) is 0 Å². The summed E-state index contributed by atoms with van der Waals surface area (Å²) in [7, 11) is -3.67. The number of nitrogens with one attached hydrogen (secondary N) is 1. The Kier molecular flexibility index (Phi) is 9.14. The molecule has 0 aromatic heterocycles. The van der Waals surface area contributed by atoms with Gasteiger partial charge in [0.05, 0.1) is 11.9 Å². The molecule has 2 aromatic rings. The van der Waals surface area contributed by atoms with Gasteiger partial charge in [0.25, 0.3) is 0 Å². The molecule has 0 saturated heterocycles. The number of hydrogen-bond donors (Lipinski definition) is 1. The molecule has 0 radical (unpaired) electrons. The number of nitrogens with zero attached hydrogens (tertiary/aromatic N) is 1. The van der Waals surface area contributed by atoms with E-state index in [1.54, 1.807) is 43.0 Å². The van der Waals surface area contributed by atoms with E-state index in [0.717, 1.165) is 21.9 Å². The van der Waals surface area contributed by atoms with Crippen LogP contribution in [0.15, 0.2) is 48.5 Å². The zero-order valence-corrected chi connectivity index (χ0v) is 19.4. The smallest absolute Gasteiger partial charge is 0.243 e. The second-order valence-electron chi connectivity index (χ2n) is 6.44. The van der Waals surface area contributed by atoms with E-state index < -0.39 is 16.1 Å². The number of thioether (sulfide) groups is 1. The number of carbonyl (C=O) groups is 1. The fourth-order valence-corrected chi connectivity index (χ4v) is 5.26. The molecule has 0 heterocycles. The fourth-order valence-electron chi connectivity index (χ4n) is 2.85. The molecule has 0 aliphatic heterocycles. The minimum atomic E-state index is -3.67. The summed E-state index contributed by atoms with van der Waals surface area (Å²) in [6.45, 7) is 2.22. The molecule has 2 aromatic carbocycles. The molecule has 0 aliphatic carbocycles. The zero-order chi connectivity index (χ0) is 21.4. The topological polar surface area (TPSA) is 66.5 Å². The van der Waals surface area contributed by atoms with E-state index in [1.165, 1.54) is 0 Å². The van der Waals surface area contributed by atoms with Gasteiger partial charge < -0.3 is 5.32 Å². The van der Waals surface area contributed by atoms with Crippen molar-refractivity contribution < 1.29 is 13.2 Å². The van der Waals surface area contributed by atoms with E-state index in [2.05, 4.69) is 5.32 Å². The van der Waals surface area contributed by atoms with E-state index in [9.17, 15) is 13.2 Å². The van der Waals surface area contributed by atoms with Gasteiger partial charge in [0, 0.05) is 28.1 Å². The summed E-state index contributed by atoms with van der Waals surface area (Å²) in [5.41, 5.74) is 1.49. The molecule has 0 fully saturated rings. The fraction of sp³-hybridized carbons (Fsp3) is 0.350. The van der Waals surface area contributed by atoms with Crippen molar-refractivity contribution in [2.75, 3.05) is 22.9 Å². The number of rotatable bonds is 10. The highest BCUT2D eigenvalue weighted by Crippen LogP contribution is 2.25. The molecular weight excluding hydrogens is 451 g/mol. The molecule has 0 aliphatic rings. The van der Waals surface area contributed by atoms with Crippen LogP contribution in [0, 0.1) is 0 Å². The second-order valence-corrected chi connectivity index (χ2v) is 10.3. The van der Waals surface area contributed by atoms with Crippen molar-refractivity contribution in [1.82, 2.24) is 5.32 Å². The Morgan fingerprint density at radius 3 is 2.38 bits per heavy atom. The van der Waals surface area contributed by atoms with Gasteiger partial charge >= 0.3 is 0 Å². The highest BCUT2D eigenvalue weighted by atomic mass is 35.5. The van der Waals surface area contributed by atoms with Crippen molar-refractivity contribution in [3.05, 3.63) is 64.1 Å². The summed E-state index contributed by atoms with van der Waals surface area (Å²) in [6, 6.07) is 13.3. The van der Waals surface area contributed by atoms with E-state index in [4.69, 9.17) is 23.2 Å². The van der Waals surface area contributed by atoms with Crippen molar-refractivity contribution >= 4 is 56.6 Å². The van der Waals surface area contributed by atoms with Crippen molar-refractivity contribution in [3.8, 4) is 0 Å². The molecule has 9 heteroatoms. The highest BCUT2D eigenvalue weighted by Gasteiger charge is 2.31. The van der Waals surface area contributed by atoms with Gasteiger partial charge in [-0.25, -0.2) is 8.42 Å². The van der Waals surface area contributed by atoms with Gasteiger partial charge in [-0.05, 0) is 42.3 Å². The van der Waals surface area contributed by atoms with E-state index in [-0.39, 0.29) is 5.91 Å². The number of anilines is 1. The molecule has 0 unspecified atom stereocenters. The van der Waals surface area contributed by atoms with Gasteiger partial charge in [-0.15, -0.1) is 0 Å². The molecule has 158 valence electrons. The molecule has 0 bridgehead atoms. The molecule has 1 N–H and O–H groups in total. The monoisotopic (exact) mass is 474 g/mol. The highest BCUT2D eigenvalue weighted by molar-refractivity contribution is 7.98. The molecule has 1 amide bonds. The average molecular weight is 475 g/mol. The molecule has 0 saturated carbocycles. The van der Waals surface area contributed by atoms with E-state index >= 15 is 0 Å². The Morgan fingerprint density at radius 1 is 1.14 bits per heavy atom. The SMILES string of the molecule is CC[C@@H](C(=O)NCCSCc1cccc(Cl)c1)N(c1cccc(Cl)c1)S(C)(=O)=O. The lowest BCUT2D eigenvalue weighted by atomic mass is 10.2. The zero-order valence-electron chi connectivity index (χ0n) is 16.3. The lowest BCUT2D eigenvalue weighted by Crippen LogP contribution is -2.49. The van der Waals surface area contributed by atoms with Crippen LogP contribution in [0.5, 0.6) is 0 Å². The van der Waals surface area contributed by atoms with Gasteiger partial charge in [0.1, 0.15) is 6.04 Å². The maximum Gasteiger partial charge on any atom is 0.243 e.